The minimum absolute atomic E-state index is 1.06. The molecule has 0 nitrogen and oxygen atoms in total. The molecular formula is C7H11Br. The molecule has 46 valence electrons. The molecule has 0 saturated heterocycles. The van der Waals surface area contributed by atoms with Crippen LogP contribution in [0.3, 0.4) is 0 Å². The van der Waals surface area contributed by atoms with Crippen LogP contribution in [0.2, 0.25) is 0 Å². The van der Waals surface area contributed by atoms with E-state index >= 15 is 0 Å². The topological polar surface area (TPSA) is 0 Å². The molecular weight excluding hydrogens is 164 g/mol. The van der Waals surface area contributed by atoms with E-state index in [9.17, 15) is 0 Å². The molecule has 8 heavy (non-hydrogen) atoms. The summed E-state index contributed by atoms with van der Waals surface area (Å²) in [6, 6.07) is 0. The second kappa shape index (κ2) is 6.96. The highest BCUT2D eigenvalue weighted by Gasteiger charge is 1.68. The van der Waals surface area contributed by atoms with Crippen molar-refractivity contribution in [3.8, 4) is 0 Å². The van der Waals surface area contributed by atoms with Crippen molar-refractivity contribution < 1.29 is 0 Å². The second-order valence-corrected chi connectivity index (χ2v) is 2.22. The molecule has 0 aliphatic heterocycles. The summed E-state index contributed by atoms with van der Waals surface area (Å²) in [4.78, 5) is 0. The summed E-state index contributed by atoms with van der Waals surface area (Å²) in [5, 5.41) is 1.06. The molecule has 0 aromatic heterocycles. The molecule has 0 saturated carbocycles. The van der Waals surface area contributed by atoms with E-state index in [2.05, 4.69) is 28.1 Å². The van der Waals surface area contributed by atoms with Gasteiger partial charge in [0.1, 0.15) is 0 Å². The van der Waals surface area contributed by atoms with E-state index in [-0.39, 0.29) is 0 Å². The predicted molar refractivity (Wildman–Crippen MR) is 42.4 cm³/mol. The van der Waals surface area contributed by atoms with Gasteiger partial charge in [-0.1, -0.05) is 40.2 Å². The third kappa shape index (κ3) is 5.96. The van der Waals surface area contributed by atoms with E-state index in [4.69, 9.17) is 0 Å². The Hall–Kier alpha value is -0.0400. The van der Waals surface area contributed by atoms with Gasteiger partial charge in [-0.25, -0.2) is 0 Å². The van der Waals surface area contributed by atoms with Crippen LogP contribution in [0.1, 0.15) is 13.3 Å². The van der Waals surface area contributed by atoms with Crippen LogP contribution in [-0.4, -0.2) is 5.33 Å². The number of alkyl halides is 1. The van der Waals surface area contributed by atoms with Crippen LogP contribution in [0.5, 0.6) is 0 Å². The molecule has 0 N–H and O–H groups in total. The van der Waals surface area contributed by atoms with Gasteiger partial charge >= 0.3 is 0 Å². The highest BCUT2D eigenvalue weighted by atomic mass is 79.9. The van der Waals surface area contributed by atoms with Crippen molar-refractivity contribution in [3.05, 3.63) is 24.3 Å². The van der Waals surface area contributed by atoms with Gasteiger partial charge in [-0.3, -0.25) is 0 Å². The number of halogens is 1. The molecule has 0 rings (SSSR count). The zero-order valence-corrected chi connectivity index (χ0v) is 6.69. The Morgan fingerprint density at radius 1 is 1.38 bits per heavy atom. The first kappa shape index (κ1) is 7.96. The number of hydrogen-bond acceptors (Lipinski definition) is 0. The predicted octanol–water partition coefficient (Wildman–Crippen LogP) is 2.90. The van der Waals surface area contributed by atoms with Gasteiger partial charge in [0.25, 0.3) is 0 Å². The highest BCUT2D eigenvalue weighted by Crippen LogP contribution is 1.88. The first-order chi connectivity index (χ1) is 3.91. The van der Waals surface area contributed by atoms with E-state index in [1.54, 1.807) is 0 Å². The van der Waals surface area contributed by atoms with Crippen molar-refractivity contribution in [2.24, 2.45) is 0 Å². The molecule has 1 heteroatoms. The smallest absolute Gasteiger partial charge is 0.00660 e. The normalized spacial score (nSPS) is 11.8. The summed E-state index contributed by atoms with van der Waals surface area (Å²) in [5.41, 5.74) is 0. The van der Waals surface area contributed by atoms with E-state index < -0.39 is 0 Å². The van der Waals surface area contributed by atoms with Gasteiger partial charge < -0.3 is 0 Å². The Balaban J connectivity index is 3.07. The first-order valence-corrected chi connectivity index (χ1v) is 3.87. The molecule has 0 heterocycles. The average Bonchev–Trinajstić information content (AvgIpc) is 1.81. The average molecular weight is 175 g/mol. The number of allylic oxidation sites excluding steroid dienone is 4. The molecule has 0 aromatic rings. The summed E-state index contributed by atoms with van der Waals surface area (Å²) >= 11 is 3.33. The Labute approximate surface area is 59.4 Å². The van der Waals surface area contributed by atoms with Gasteiger partial charge in [-0.15, -0.1) is 0 Å². The summed E-state index contributed by atoms with van der Waals surface area (Å²) in [5.74, 6) is 0. The largest absolute Gasteiger partial charge is 0.0925 e. The van der Waals surface area contributed by atoms with E-state index in [1.807, 2.05) is 19.1 Å². The first-order valence-electron chi connectivity index (χ1n) is 2.75. The maximum atomic E-state index is 3.33. The standard InChI is InChI=1S/C7H11Br/c1-2-3-4-5-6-7-8/h2-5H,6-7H2,1H3/b3-2+,5-4+. The molecule has 0 aliphatic rings. The van der Waals surface area contributed by atoms with Crippen LogP contribution in [-0.2, 0) is 0 Å². The van der Waals surface area contributed by atoms with Gasteiger partial charge in [0, 0.05) is 5.33 Å². The maximum Gasteiger partial charge on any atom is 0.00660 e. The lowest BCUT2D eigenvalue weighted by Crippen LogP contribution is -1.62. The van der Waals surface area contributed by atoms with Crippen molar-refractivity contribution >= 4 is 15.9 Å². The van der Waals surface area contributed by atoms with Gasteiger partial charge in [-0.05, 0) is 13.3 Å². The van der Waals surface area contributed by atoms with Crippen molar-refractivity contribution in [1.29, 1.82) is 0 Å². The SMILES string of the molecule is C/C=C/C=C/CCBr. The molecule has 0 spiro atoms. The van der Waals surface area contributed by atoms with Crippen molar-refractivity contribution in [1.82, 2.24) is 0 Å². The van der Waals surface area contributed by atoms with Crippen molar-refractivity contribution in [2.75, 3.05) is 5.33 Å². The molecule has 0 aliphatic carbocycles. The zero-order chi connectivity index (χ0) is 6.24. The molecule has 0 amide bonds. The van der Waals surface area contributed by atoms with Crippen molar-refractivity contribution in [3.63, 3.8) is 0 Å². The lowest BCUT2D eigenvalue weighted by Gasteiger charge is -1.77. The van der Waals surface area contributed by atoms with Gasteiger partial charge in [-0.2, -0.15) is 0 Å². The second-order valence-electron chi connectivity index (χ2n) is 1.43. The summed E-state index contributed by atoms with van der Waals surface area (Å²) in [7, 11) is 0. The molecule has 0 fully saturated rings. The van der Waals surface area contributed by atoms with Crippen molar-refractivity contribution in [2.45, 2.75) is 13.3 Å². The maximum absolute atomic E-state index is 3.33. The fourth-order valence-corrected chi connectivity index (χ4v) is 0.613. The third-order valence-electron chi connectivity index (χ3n) is 0.715. The molecule has 0 aromatic carbocycles. The molecule has 0 unspecified atom stereocenters. The highest BCUT2D eigenvalue weighted by molar-refractivity contribution is 9.09. The fourth-order valence-electron chi connectivity index (χ4n) is 0.349. The van der Waals surface area contributed by atoms with E-state index in [1.165, 1.54) is 0 Å². The van der Waals surface area contributed by atoms with Gasteiger partial charge in [0.15, 0.2) is 0 Å². The quantitative estimate of drug-likeness (QED) is 0.457. The molecule has 0 radical (unpaired) electrons. The Kier molecular flexibility index (Phi) is 6.93. The van der Waals surface area contributed by atoms with Crippen LogP contribution in [0.25, 0.3) is 0 Å². The van der Waals surface area contributed by atoms with E-state index in [0.717, 1.165) is 11.8 Å². The monoisotopic (exact) mass is 174 g/mol. The molecule has 0 atom stereocenters. The summed E-state index contributed by atoms with van der Waals surface area (Å²) < 4.78 is 0. The zero-order valence-electron chi connectivity index (χ0n) is 5.10. The Morgan fingerprint density at radius 2 is 2.12 bits per heavy atom. The van der Waals surface area contributed by atoms with Gasteiger partial charge in [0.05, 0.1) is 0 Å². The fraction of sp³-hybridized carbons (Fsp3) is 0.429. The summed E-state index contributed by atoms with van der Waals surface area (Å²) in [6.45, 7) is 2.01. The minimum atomic E-state index is 1.06. The lowest BCUT2D eigenvalue weighted by molar-refractivity contribution is 1.26. The minimum Gasteiger partial charge on any atom is -0.0925 e. The summed E-state index contributed by atoms with van der Waals surface area (Å²) in [6.07, 6.45) is 9.35. The van der Waals surface area contributed by atoms with Crippen LogP contribution < -0.4 is 0 Å². The Morgan fingerprint density at radius 3 is 2.62 bits per heavy atom. The third-order valence-corrected chi connectivity index (χ3v) is 1.17. The van der Waals surface area contributed by atoms with Crippen LogP contribution in [0, 0.1) is 0 Å². The van der Waals surface area contributed by atoms with Crippen LogP contribution in [0.4, 0.5) is 0 Å². The lowest BCUT2D eigenvalue weighted by atomic mass is 10.4. The van der Waals surface area contributed by atoms with E-state index in [0.29, 0.717) is 0 Å². The van der Waals surface area contributed by atoms with Crippen LogP contribution >= 0.6 is 15.9 Å². The van der Waals surface area contributed by atoms with Crippen LogP contribution in [0.15, 0.2) is 24.3 Å². The van der Waals surface area contributed by atoms with Gasteiger partial charge in [0.2, 0.25) is 0 Å². The molecule has 0 bridgehead atoms. The Bertz CT molecular complexity index is 82.4. The number of rotatable bonds is 3. The number of hydrogen-bond donors (Lipinski definition) is 0.